The lowest BCUT2D eigenvalue weighted by Gasteiger charge is -2.06. The Balaban J connectivity index is 1.70. The third kappa shape index (κ3) is 2.25. The molecule has 22 heavy (non-hydrogen) atoms. The second-order valence-corrected chi connectivity index (χ2v) is 5.84. The van der Waals surface area contributed by atoms with E-state index in [2.05, 4.69) is 43.6 Å². The smallest absolute Gasteiger partial charge is 0.204 e. The summed E-state index contributed by atoms with van der Waals surface area (Å²) in [6.45, 7) is 0. The zero-order chi connectivity index (χ0) is 14.9. The number of hydrogen-bond acceptors (Lipinski definition) is 6. The predicted molar refractivity (Wildman–Crippen MR) is 87.4 cm³/mol. The number of aromatic nitrogens is 5. The molecule has 0 unspecified atom stereocenters. The molecule has 3 N–H and O–H groups in total. The maximum absolute atomic E-state index is 5.82. The Hall–Kier alpha value is -2.67. The van der Waals surface area contributed by atoms with Gasteiger partial charge in [-0.05, 0) is 17.7 Å². The van der Waals surface area contributed by atoms with Crippen LogP contribution in [0, 0.1) is 0 Å². The molecule has 0 aliphatic heterocycles. The highest BCUT2D eigenvalue weighted by molar-refractivity contribution is 7.98. The largest absolute Gasteiger partial charge is 0.384 e. The van der Waals surface area contributed by atoms with Crippen molar-refractivity contribution >= 4 is 39.6 Å². The van der Waals surface area contributed by atoms with Gasteiger partial charge in [-0.15, -0.1) is 16.9 Å². The fourth-order valence-electron chi connectivity index (χ4n) is 2.38. The maximum atomic E-state index is 5.82. The molecule has 0 saturated heterocycles. The van der Waals surface area contributed by atoms with Crippen molar-refractivity contribution in [2.24, 2.45) is 0 Å². The third-order valence-corrected chi connectivity index (χ3v) is 4.45. The molecule has 0 amide bonds. The number of hydrogen-bond donors (Lipinski definition) is 2. The Labute approximate surface area is 130 Å². The molecule has 0 spiro atoms. The Kier molecular flexibility index (Phi) is 3.12. The molecule has 4 rings (SSSR count). The molecule has 0 bridgehead atoms. The van der Waals surface area contributed by atoms with Gasteiger partial charge in [0, 0.05) is 22.2 Å². The maximum Gasteiger partial charge on any atom is 0.204 e. The molecule has 3 heterocycles. The molecule has 108 valence electrons. The molecule has 0 fully saturated rings. The van der Waals surface area contributed by atoms with Gasteiger partial charge in [0.2, 0.25) is 5.65 Å². The summed E-state index contributed by atoms with van der Waals surface area (Å²) >= 11 is 1.65. The van der Waals surface area contributed by atoms with Crippen LogP contribution in [0.3, 0.4) is 0 Å². The van der Waals surface area contributed by atoms with E-state index in [-0.39, 0.29) is 0 Å². The Bertz CT molecular complexity index is 959. The predicted octanol–water partition coefficient (Wildman–Crippen LogP) is 2.78. The van der Waals surface area contributed by atoms with Crippen LogP contribution in [0.15, 0.2) is 47.5 Å². The molecule has 1 aromatic carbocycles. The van der Waals surface area contributed by atoms with E-state index >= 15 is 0 Å². The van der Waals surface area contributed by atoms with E-state index in [9.17, 15) is 0 Å². The first-order valence-corrected chi connectivity index (χ1v) is 7.72. The Morgan fingerprint density at radius 3 is 2.95 bits per heavy atom. The van der Waals surface area contributed by atoms with Crippen molar-refractivity contribution < 1.29 is 0 Å². The van der Waals surface area contributed by atoms with Gasteiger partial charge in [-0.1, -0.05) is 24.3 Å². The van der Waals surface area contributed by atoms with Crippen LogP contribution in [-0.2, 0) is 5.75 Å². The fraction of sp³-hybridized carbons (Fsp3) is 0.0667. The van der Waals surface area contributed by atoms with Gasteiger partial charge in [0.25, 0.3) is 0 Å². The molecular formula is C15H12N6S. The average Bonchev–Trinajstić information content (AvgIpc) is 3.00. The van der Waals surface area contributed by atoms with Crippen molar-refractivity contribution in [3.05, 3.63) is 48.2 Å². The van der Waals surface area contributed by atoms with Crippen LogP contribution >= 0.6 is 11.8 Å². The standard InChI is InChI=1S/C15H12N6S/c16-12-7-11(14-15(18-12)20-21-19-14)22-8-10-4-1-3-9-5-2-6-17-13(9)10/h1-7H,8H2,(H3,16,18,19,20,21). The summed E-state index contributed by atoms with van der Waals surface area (Å²) in [5.74, 6) is 1.22. The van der Waals surface area contributed by atoms with E-state index in [1.165, 1.54) is 5.56 Å². The zero-order valence-corrected chi connectivity index (χ0v) is 12.3. The highest BCUT2D eigenvalue weighted by Crippen LogP contribution is 2.30. The number of nitrogens with zero attached hydrogens (tertiary/aromatic N) is 4. The summed E-state index contributed by atoms with van der Waals surface area (Å²) in [4.78, 5) is 9.59. The minimum absolute atomic E-state index is 0.444. The minimum Gasteiger partial charge on any atom is -0.384 e. The number of thioether (sulfide) groups is 1. The first-order chi connectivity index (χ1) is 10.8. The number of nitrogens with one attached hydrogen (secondary N) is 1. The van der Waals surface area contributed by atoms with Crippen LogP contribution in [0.4, 0.5) is 5.82 Å². The molecule has 0 saturated carbocycles. The first kappa shape index (κ1) is 13.0. The van der Waals surface area contributed by atoms with Crippen LogP contribution in [0.25, 0.3) is 22.1 Å². The van der Waals surface area contributed by atoms with E-state index in [1.54, 1.807) is 11.8 Å². The monoisotopic (exact) mass is 308 g/mol. The van der Waals surface area contributed by atoms with Crippen molar-refractivity contribution in [3.8, 4) is 0 Å². The number of rotatable bonds is 3. The summed E-state index contributed by atoms with van der Waals surface area (Å²) in [7, 11) is 0. The lowest BCUT2D eigenvalue weighted by molar-refractivity contribution is 0.953. The summed E-state index contributed by atoms with van der Waals surface area (Å²) in [6.07, 6.45) is 1.82. The Morgan fingerprint density at radius 1 is 1.09 bits per heavy atom. The van der Waals surface area contributed by atoms with Crippen LogP contribution < -0.4 is 5.73 Å². The number of H-pyrrole nitrogens is 1. The second-order valence-electron chi connectivity index (χ2n) is 4.82. The van der Waals surface area contributed by atoms with Gasteiger partial charge in [0.1, 0.15) is 11.3 Å². The number of pyridine rings is 2. The highest BCUT2D eigenvalue weighted by Gasteiger charge is 2.10. The SMILES string of the molecule is Nc1cc(SCc2cccc3cccnc23)c2n[nH]nc2n1. The number of benzene rings is 1. The van der Waals surface area contributed by atoms with Crippen molar-refractivity contribution in [1.82, 2.24) is 25.4 Å². The summed E-state index contributed by atoms with van der Waals surface area (Å²) in [6, 6.07) is 12.0. The molecule has 7 heteroatoms. The van der Waals surface area contributed by atoms with E-state index in [0.29, 0.717) is 11.5 Å². The van der Waals surface area contributed by atoms with Gasteiger partial charge in [-0.2, -0.15) is 10.3 Å². The summed E-state index contributed by atoms with van der Waals surface area (Å²) in [5, 5.41) is 11.9. The molecular weight excluding hydrogens is 296 g/mol. The second kappa shape index (κ2) is 5.27. The van der Waals surface area contributed by atoms with E-state index in [1.807, 2.05) is 24.4 Å². The molecule has 0 atom stereocenters. The van der Waals surface area contributed by atoms with E-state index < -0.39 is 0 Å². The fourth-order valence-corrected chi connectivity index (χ4v) is 3.40. The third-order valence-electron chi connectivity index (χ3n) is 3.38. The van der Waals surface area contributed by atoms with Gasteiger partial charge in [0.15, 0.2) is 0 Å². The summed E-state index contributed by atoms with van der Waals surface area (Å²) < 4.78 is 0. The Morgan fingerprint density at radius 2 is 2.00 bits per heavy atom. The van der Waals surface area contributed by atoms with Crippen LogP contribution in [0.2, 0.25) is 0 Å². The summed E-state index contributed by atoms with van der Waals surface area (Å²) in [5.41, 5.74) is 9.31. The van der Waals surface area contributed by atoms with Gasteiger partial charge in [-0.25, -0.2) is 4.98 Å². The van der Waals surface area contributed by atoms with Crippen LogP contribution in [-0.4, -0.2) is 25.4 Å². The zero-order valence-electron chi connectivity index (χ0n) is 11.5. The van der Waals surface area contributed by atoms with Crippen molar-refractivity contribution in [2.75, 3.05) is 5.73 Å². The van der Waals surface area contributed by atoms with Gasteiger partial charge in [-0.3, -0.25) is 4.98 Å². The van der Waals surface area contributed by atoms with Crippen molar-refractivity contribution in [2.45, 2.75) is 10.6 Å². The van der Waals surface area contributed by atoms with Crippen molar-refractivity contribution in [3.63, 3.8) is 0 Å². The lowest BCUT2D eigenvalue weighted by atomic mass is 10.1. The molecule has 0 aliphatic rings. The first-order valence-electron chi connectivity index (χ1n) is 6.74. The van der Waals surface area contributed by atoms with Crippen LogP contribution in [0.5, 0.6) is 0 Å². The molecule has 4 aromatic rings. The van der Waals surface area contributed by atoms with Gasteiger partial charge < -0.3 is 5.73 Å². The number of fused-ring (bicyclic) bond motifs is 2. The van der Waals surface area contributed by atoms with Gasteiger partial charge in [0.05, 0.1) is 5.52 Å². The average molecular weight is 308 g/mol. The number of para-hydroxylation sites is 1. The molecule has 0 radical (unpaired) electrons. The highest BCUT2D eigenvalue weighted by atomic mass is 32.2. The van der Waals surface area contributed by atoms with Gasteiger partial charge >= 0.3 is 0 Å². The number of nitrogen functional groups attached to an aromatic ring is 1. The van der Waals surface area contributed by atoms with E-state index in [4.69, 9.17) is 5.73 Å². The number of nitrogens with two attached hydrogens (primary N) is 1. The van der Waals surface area contributed by atoms with Crippen LogP contribution in [0.1, 0.15) is 5.56 Å². The molecule has 0 aliphatic carbocycles. The quantitative estimate of drug-likeness (QED) is 0.565. The topological polar surface area (TPSA) is 93.4 Å². The lowest BCUT2D eigenvalue weighted by Crippen LogP contribution is -1.92. The number of anilines is 1. The van der Waals surface area contributed by atoms with Crippen molar-refractivity contribution in [1.29, 1.82) is 0 Å². The number of aromatic amines is 1. The normalized spacial score (nSPS) is 11.3. The minimum atomic E-state index is 0.444. The molecule has 6 nitrogen and oxygen atoms in total. The molecule has 3 aromatic heterocycles. The van der Waals surface area contributed by atoms with E-state index in [0.717, 1.165) is 27.1 Å².